The molecule has 0 saturated heterocycles. The van der Waals surface area contributed by atoms with E-state index in [1.165, 1.54) is 0 Å². The van der Waals surface area contributed by atoms with E-state index in [9.17, 15) is 17.2 Å². The van der Waals surface area contributed by atoms with Crippen molar-refractivity contribution in [2.24, 2.45) is 0 Å². The van der Waals surface area contributed by atoms with Crippen LogP contribution in [0, 0.1) is 11.6 Å². The van der Waals surface area contributed by atoms with Gasteiger partial charge in [-0.1, -0.05) is 5.16 Å². The van der Waals surface area contributed by atoms with Crippen LogP contribution in [0.3, 0.4) is 0 Å². The van der Waals surface area contributed by atoms with Crippen LogP contribution in [0.25, 0.3) is 0 Å². The van der Waals surface area contributed by atoms with E-state index in [1.54, 1.807) is 0 Å². The smallest absolute Gasteiger partial charge is 0.243 e. The first-order valence-electron chi connectivity index (χ1n) is 5.77. The zero-order chi connectivity index (χ0) is 15.5. The van der Waals surface area contributed by atoms with Gasteiger partial charge in [0.25, 0.3) is 0 Å². The molecule has 7 nitrogen and oxygen atoms in total. The molecule has 0 aliphatic carbocycles. The molecule has 0 atom stereocenters. The van der Waals surface area contributed by atoms with Gasteiger partial charge >= 0.3 is 0 Å². The Balaban J connectivity index is 2.17. The molecule has 2 N–H and O–H groups in total. The molecule has 0 saturated carbocycles. The first-order chi connectivity index (χ1) is 9.94. The van der Waals surface area contributed by atoms with Gasteiger partial charge in [-0.3, -0.25) is 0 Å². The maximum absolute atomic E-state index is 13.6. The Kier molecular flexibility index (Phi) is 4.60. The summed E-state index contributed by atoms with van der Waals surface area (Å²) in [5.74, 6) is -2.58. The highest BCUT2D eigenvalue weighted by Gasteiger charge is 2.22. The van der Waals surface area contributed by atoms with Gasteiger partial charge < -0.3 is 9.63 Å². The summed E-state index contributed by atoms with van der Waals surface area (Å²) in [5.41, 5.74) is -0.0487. The predicted octanol–water partition coefficient (Wildman–Crippen LogP) is 0.361. The first kappa shape index (κ1) is 15.5. The number of aromatic nitrogens is 2. The maximum atomic E-state index is 13.6. The molecule has 2 rings (SSSR count). The van der Waals surface area contributed by atoms with Crippen molar-refractivity contribution >= 4 is 10.0 Å². The quantitative estimate of drug-likeness (QED) is 0.796. The van der Waals surface area contributed by atoms with Crippen molar-refractivity contribution in [3.8, 4) is 0 Å². The van der Waals surface area contributed by atoms with E-state index in [-0.39, 0.29) is 24.4 Å². The number of aliphatic hydroxyl groups is 1. The van der Waals surface area contributed by atoms with Gasteiger partial charge in [0.2, 0.25) is 16.4 Å². The number of rotatable bonds is 6. The summed E-state index contributed by atoms with van der Waals surface area (Å²) in [6, 6.07) is 1.60. The van der Waals surface area contributed by atoms with Crippen molar-refractivity contribution in [2.45, 2.75) is 17.9 Å². The molecule has 21 heavy (non-hydrogen) atoms. The van der Waals surface area contributed by atoms with Gasteiger partial charge in [-0.15, -0.1) is 0 Å². The Morgan fingerprint density at radius 1 is 1.33 bits per heavy atom. The van der Waals surface area contributed by atoms with Crippen LogP contribution in [-0.2, 0) is 23.1 Å². The van der Waals surface area contributed by atoms with Crippen LogP contribution in [0.4, 0.5) is 8.78 Å². The second kappa shape index (κ2) is 6.24. The fourth-order valence-electron chi connectivity index (χ4n) is 1.58. The molecule has 1 aromatic carbocycles. The fourth-order valence-corrected chi connectivity index (χ4v) is 2.75. The number of aliphatic hydroxyl groups excluding tert-OH is 1. The lowest BCUT2D eigenvalue weighted by molar-refractivity contribution is 0.280. The lowest BCUT2D eigenvalue weighted by Crippen LogP contribution is -2.27. The number of sulfonamides is 1. The Hall–Kier alpha value is -1.91. The number of hydrogen-bond donors (Lipinski definition) is 2. The largest absolute Gasteiger partial charge is 0.392 e. The normalized spacial score (nSPS) is 11.8. The van der Waals surface area contributed by atoms with Gasteiger partial charge in [0, 0.05) is 13.0 Å². The summed E-state index contributed by atoms with van der Waals surface area (Å²) in [7, 11) is -4.26. The Morgan fingerprint density at radius 3 is 2.71 bits per heavy atom. The fraction of sp³-hybridized carbons (Fsp3) is 0.273. The van der Waals surface area contributed by atoms with Gasteiger partial charge in [0.15, 0.2) is 17.5 Å². The van der Waals surface area contributed by atoms with Crippen molar-refractivity contribution in [1.82, 2.24) is 14.9 Å². The third kappa shape index (κ3) is 3.60. The Morgan fingerprint density at radius 2 is 2.10 bits per heavy atom. The van der Waals surface area contributed by atoms with Crippen molar-refractivity contribution in [1.29, 1.82) is 0 Å². The zero-order valence-electron chi connectivity index (χ0n) is 10.6. The summed E-state index contributed by atoms with van der Waals surface area (Å²) < 4.78 is 57.3. The Labute approximate surface area is 118 Å². The van der Waals surface area contributed by atoms with Gasteiger partial charge in [-0.25, -0.2) is 21.9 Å². The summed E-state index contributed by atoms with van der Waals surface area (Å²) in [6.07, 6.45) is 1.21. The third-order valence-corrected chi connectivity index (χ3v) is 4.03. The molecule has 0 aliphatic heterocycles. The average molecular weight is 319 g/mol. The number of hydrogen-bond acceptors (Lipinski definition) is 6. The lowest BCUT2D eigenvalue weighted by atomic mass is 10.2. The highest BCUT2D eigenvalue weighted by atomic mass is 32.2. The monoisotopic (exact) mass is 319 g/mol. The predicted molar refractivity (Wildman–Crippen MR) is 65.5 cm³/mol. The first-order valence-corrected chi connectivity index (χ1v) is 7.26. The molecule has 0 aliphatic rings. The van der Waals surface area contributed by atoms with Crippen molar-refractivity contribution < 1.29 is 26.8 Å². The minimum absolute atomic E-state index is 0.0487. The summed E-state index contributed by atoms with van der Waals surface area (Å²) in [4.78, 5) is 2.83. The topological polar surface area (TPSA) is 105 Å². The SMILES string of the molecule is O=S(=O)(NCCc1ncon1)c1cc(CO)cc(F)c1F. The van der Waals surface area contributed by atoms with Crippen molar-refractivity contribution in [3.63, 3.8) is 0 Å². The molecule has 1 aromatic heterocycles. The van der Waals surface area contributed by atoms with E-state index >= 15 is 0 Å². The van der Waals surface area contributed by atoms with Crippen LogP contribution in [0.15, 0.2) is 27.9 Å². The molecule has 10 heteroatoms. The molecule has 0 amide bonds. The zero-order valence-corrected chi connectivity index (χ0v) is 11.4. The van der Waals surface area contributed by atoms with E-state index in [0.717, 1.165) is 18.5 Å². The van der Waals surface area contributed by atoms with E-state index in [0.29, 0.717) is 0 Å². The van der Waals surface area contributed by atoms with Gasteiger partial charge in [-0.2, -0.15) is 4.98 Å². The van der Waals surface area contributed by atoms with Crippen LogP contribution < -0.4 is 4.72 Å². The second-order valence-corrected chi connectivity index (χ2v) is 5.78. The minimum atomic E-state index is -4.26. The van der Waals surface area contributed by atoms with E-state index < -0.39 is 33.2 Å². The molecule has 0 bridgehead atoms. The molecular formula is C11H11F2N3O4S. The lowest BCUT2D eigenvalue weighted by Gasteiger charge is -2.09. The minimum Gasteiger partial charge on any atom is -0.392 e. The number of nitrogens with zero attached hydrogens (tertiary/aromatic N) is 2. The standard InChI is InChI=1S/C11H11F2N3O4S/c12-8-3-7(5-17)4-9(11(8)13)21(18,19)15-2-1-10-14-6-20-16-10/h3-4,6,15,17H,1-2,5H2. The molecule has 1 heterocycles. The van der Waals surface area contributed by atoms with Gasteiger partial charge in [0.1, 0.15) is 4.90 Å². The molecule has 114 valence electrons. The summed E-state index contributed by atoms with van der Waals surface area (Å²) >= 11 is 0. The molecule has 0 unspecified atom stereocenters. The van der Waals surface area contributed by atoms with Crippen LogP contribution in [0.1, 0.15) is 11.4 Å². The van der Waals surface area contributed by atoms with E-state index in [4.69, 9.17) is 5.11 Å². The number of nitrogens with one attached hydrogen (secondary N) is 1. The third-order valence-electron chi connectivity index (χ3n) is 2.57. The molecule has 0 spiro atoms. The van der Waals surface area contributed by atoms with Crippen LogP contribution in [0.2, 0.25) is 0 Å². The number of benzene rings is 1. The number of halogens is 2. The highest BCUT2D eigenvalue weighted by molar-refractivity contribution is 7.89. The van der Waals surface area contributed by atoms with Crippen molar-refractivity contribution in [3.05, 3.63) is 41.5 Å². The molecule has 0 radical (unpaired) electrons. The van der Waals surface area contributed by atoms with Gasteiger partial charge in [0.05, 0.1) is 6.61 Å². The summed E-state index contributed by atoms with van der Waals surface area (Å²) in [5, 5.41) is 12.4. The van der Waals surface area contributed by atoms with Crippen LogP contribution >= 0.6 is 0 Å². The summed E-state index contributed by atoms with van der Waals surface area (Å²) in [6.45, 7) is -0.727. The molecule has 0 fully saturated rings. The van der Waals surface area contributed by atoms with Crippen molar-refractivity contribution in [2.75, 3.05) is 6.54 Å². The van der Waals surface area contributed by atoms with E-state index in [2.05, 4.69) is 19.4 Å². The van der Waals surface area contributed by atoms with E-state index in [1.807, 2.05) is 0 Å². The highest BCUT2D eigenvalue weighted by Crippen LogP contribution is 2.19. The Bertz CT molecular complexity index is 719. The maximum Gasteiger partial charge on any atom is 0.243 e. The van der Waals surface area contributed by atoms with Crippen LogP contribution in [0.5, 0.6) is 0 Å². The van der Waals surface area contributed by atoms with Gasteiger partial charge in [-0.05, 0) is 17.7 Å². The van der Waals surface area contributed by atoms with Crippen LogP contribution in [-0.4, -0.2) is 30.2 Å². The molecular weight excluding hydrogens is 308 g/mol. The second-order valence-electron chi connectivity index (χ2n) is 4.04. The molecule has 2 aromatic rings. The average Bonchev–Trinajstić information content (AvgIpc) is 2.94.